The lowest BCUT2D eigenvalue weighted by molar-refractivity contribution is -0.117. The summed E-state index contributed by atoms with van der Waals surface area (Å²) >= 11 is 0. The molecule has 3 aromatic rings. The van der Waals surface area contributed by atoms with E-state index >= 15 is 0 Å². The summed E-state index contributed by atoms with van der Waals surface area (Å²) in [5, 5.41) is 2.83. The van der Waals surface area contributed by atoms with Crippen LogP contribution in [-0.4, -0.2) is 69.3 Å². The number of likely N-dealkylation sites (N-methyl/N-ethyl adjacent to an activating group) is 1. The Morgan fingerprint density at radius 3 is 2.05 bits per heavy atom. The molecular weight excluding hydrogens is 512 g/mol. The second-order valence-electron chi connectivity index (χ2n) is 10.3. The molecule has 1 aliphatic heterocycles. The van der Waals surface area contributed by atoms with Crippen molar-refractivity contribution < 1.29 is 18.0 Å². The molecule has 1 aliphatic rings. The predicted octanol–water partition coefficient (Wildman–Crippen LogP) is 3.53. The molecule has 1 heterocycles. The summed E-state index contributed by atoms with van der Waals surface area (Å²) in [6, 6.07) is 18.6. The molecule has 9 heteroatoms. The van der Waals surface area contributed by atoms with Gasteiger partial charge in [0.05, 0.1) is 4.90 Å². The maximum atomic E-state index is 13.5. The number of benzene rings is 3. The highest BCUT2D eigenvalue weighted by Gasteiger charge is 2.29. The maximum Gasteiger partial charge on any atom is 0.253 e. The summed E-state index contributed by atoms with van der Waals surface area (Å²) in [5.74, 6) is -0.525. The van der Waals surface area contributed by atoms with Gasteiger partial charge in [-0.2, -0.15) is 4.72 Å². The Morgan fingerprint density at radius 2 is 1.46 bits per heavy atom. The molecule has 2 N–H and O–H groups in total. The molecule has 3 aromatic carbocycles. The summed E-state index contributed by atoms with van der Waals surface area (Å²) in [7, 11) is -1.96. The van der Waals surface area contributed by atoms with Crippen molar-refractivity contribution in [3.05, 3.63) is 94.5 Å². The Kier molecular flexibility index (Phi) is 8.84. The molecule has 0 saturated carbocycles. The van der Waals surface area contributed by atoms with Crippen molar-refractivity contribution in [3.63, 3.8) is 0 Å². The first-order valence-electron chi connectivity index (χ1n) is 13.1. The number of hydrogen-bond donors (Lipinski definition) is 2. The molecule has 0 radical (unpaired) electrons. The van der Waals surface area contributed by atoms with Crippen molar-refractivity contribution in [3.8, 4) is 0 Å². The molecule has 0 aromatic heterocycles. The molecule has 206 valence electrons. The first kappa shape index (κ1) is 28.5. The van der Waals surface area contributed by atoms with Crippen LogP contribution in [0.2, 0.25) is 0 Å². The summed E-state index contributed by atoms with van der Waals surface area (Å²) in [6.45, 7) is 8.45. The quantitative estimate of drug-likeness (QED) is 0.449. The van der Waals surface area contributed by atoms with Gasteiger partial charge < -0.3 is 15.1 Å². The molecule has 8 nitrogen and oxygen atoms in total. The molecule has 0 spiro atoms. The van der Waals surface area contributed by atoms with Gasteiger partial charge in [-0.15, -0.1) is 0 Å². The van der Waals surface area contributed by atoms with Gasteiger partial charge in [-0.25, -0.2) is 8.42 Å². The Balaban J connectivity index is 1.53. The van der Waals surface area contributed by atoms with Crippen LogP contribution in [0.1, 0.15) is 32.6 Å². The molecule has 1 saturated heterocycles. The molecule has 4 rings (SSSR count). The van der Waals surface area contributed by atoms with Gasteiger partial charge in [0.25, 0.3) is 5.91 Å². The summed E-state index contributed by atoms with van der Waals surface area (Å²) < 4.78 is 29.6. The zero-order valence-electron chi connectivity index (χ0n) is 22.9. The second kappa shape index (κ2) is 12.1. The van der Waals surface area contributed by atoms with Crippen molar-refractivity contribution >= 4 is 27.5 Å². The molecular formula is C30H36N4O4S. The van der Waals surface area contributed by atoms with E-state index in [1.54, 1.807) is 38.1 Å². The van der Waals surface area contributed by atoms with E-state index in [1.165, 1.54) is 0 Å². The van der Waals surface area contributed by atoms with E-state index in [0.717, 1.165) is 24.2 Å². The van der Waals surface area contributed by atoms with Gasteiger partial charge in [0.15, 0.2) is 0 Å². The largest absolute Gasteiger partial charge is 0.336 e. The number of nitrogens with zero attached hydrogens (tertiary/aromatic N) is 2. The number of carbonyl (C=O) groups excluding carboxylic acids is 2. The number of amides is 2. The fourth-order valence-corrected chi connectivity index (χ4v) is 6.64. The van der Waals surface area contributed by atoms with Gasteiger partial charge in [-0.3, -0.25) is 9.59 Å². The van der Waals surface area contributed by atoms with E-state index in [1.807, 2.05) is 61.3 Å². The van der Waals surface area contributed by atoms with Gasteiger partial charge in [-0.05, 0) is 75.2 Å². The number of anilines is 1. The number of hydrogen-bond acceptors (Lipinski definition) is 5. The SMILES string of the molecule is Cc1cc(C)c(S(=O)(=O)NC(Cc2ccccc2)C(=O)Nc2ccc(C(=O)N3CCN(C)CC3)cc2)c(C)c1. The molecule has 0 bridgehead atoms. The van der Waals surface area contributed by atoms with Gasteiger partial charge >= 0.3 is 0 Å². The summed E-state index contributed by atoms with van der Waals surface area (Å²) in [6.07, 6.45) is 0.176. The number of carbonyl (C=O) groups is 2. The third kappa shape index (κ3) is 7.11. The van der Waals surface area contributed by atoms with Crippen molar-refractivity contribution in [1.29, 1.82) is 0 Å². The maximum absolute atomic E-state index is 13.5. The number of rotatable bonds is 8. The van der Waals surface area contributed by atoms with Crippen LogP contribution in [0, 0.1) is 20.8 Å². The van der Waals surface area contributed by atoms with Crippen LogP contribution in [-0.2, 0) is 21.2 Å². The van der Waals surface area contributed by atoms with E-state index in [2.05, 4.69) is 14.9 Å². The Hall–Kier alpha value is -3.53. The van der Waals surface area contributed by atoms with Crippen molar-refractivity contribution in [2.24, 2.45) is 0 Å². The van der Waals surface area contributed by atoms with E-state index in [9.17, 15) is 18.0 Å². The van der Waals surface area contributed by atoms with E-state index in [4.69, 9.17) is 0 Å². The fourth-order valence-electron chi connectivity index (χ4n) is 4.99. The first-order valence-corrected chi connectivity index (χ1v) is 14.5. The topological polar surface area (TPSA) is 98.8 Å². The zero-order valence-corrected chi connectivity index (χ0v) is 23.7. The normalized spacial score (nSPS) is 15.1. The molecule has 39 heavy (non-hydrogen) atoms. The lowest BCUT2D eigenvalue weighted by Crippen LogP contribution is -2.47. The minimum Gasteiger partial charge on any atom is -0.336 e. The van der Waals surface area contributed by atoms with Crippen LogP contribution in [0.25, 0.3) is 0 Å². The van der Waals surface area contributed by atoms with E-state index in [-0.39, 0.29) is 17.2 Å². The van der Waals surface area contributed by atoms with Crippen LogP contribution in [0.5, 0.6) is 0 Å². The van der Waals surface area contributed by atoms with Crippen molar-refractivity contribution in [1.82, 2.24) is 14.5 Å². The number of sulfonamides is 1. The highest BCUT2D eigenvalue weighted by Crippen LogP contribution is 2.23. The molecule has 1 unspecified atom stereocenters. The lowest BCUT2D eigenvalue weighted by Gasteiger charge is -2.32. The molecule has 1 fully saturated rings. The monoisotopic (exact) mass is 548 g/mol. The fraction of sp³-hybridized carbons (Fsp3) is 0.333. The highest BCUT2D eigenvalue weighted by molar-refractivity contribution is 7.89. The number of piperazine rings is 1. The average molecular weight is 549 g/mol. The smallest absolute Gasteiger partial charge is 0.253 e. The van der Waals surface area contributed by atoms with E-state index in [0.29, 0.717) is 35.5 Å². The standard InChI is InChI=1S/C30H36N4O4S/c1-21-18-22(2)28(23(3)19-21)39(37,38)32-27(20-24-8-6-5-7-9-24)29(35)31-26-12-10-25(11-13-26)30(36)34-16-14-33(4)15-17-34/h5-13,18-19,27,32H,14-17,20H2,1-4H3,(H,31,35). The van der Waals surface area contributed by atoms with Crippen molar-refractivity contribution in [2.45, 2.75) is 38.1 Å². The third-order valence-electron chi connectivity index (χ3n) is 6.96. The van der Waals surface area contributed by atoms with Crippen LogP contribution < -0.4 is 10.0 Å². The minimum absolute atomic E-state index is 0.0421. The van der Waals surface area contributed by atoms with Crippen LogP contribution >= 0.6 is 0 Å². The number of aryl methyl sites for hydroxylation is 3. The van der Waals surface area contributed by atoms with Crippen LogP contribution in [0.15, 0.2) is 71.6 Å². The Labute approximate surface area is 231 Å². The average Bonchev–Trinajstić information content (AvgIpc) is 2.88. The van der Waals surface area contributed by atoms with Crippen LogP contribution in [0.4, 0.5) is 5.69 Å². The second-order valence-corrected chi connectivity index (χ2v) is 11.9. The summed E-state index contributed by atoms with van der Waals surface area (Å²) in [4.78, 5) is 30.5. The molecule has 1 atom stereocenters. The van der Waals surface area contributed by atoms with Gasteiger partial charge in [0.2, 0.25) is 15.9 Å². The Bertz CT molecular complexity index is 1410. The summed E-state index contributed by atoms with van der Waals surface area (Å²) in [5.41, 5.74) is 4.07. The molecule has 2 amide bonds. The van der Waals surface area contributed by atoms with E-state index < -0.39 is 22.0 Å². The van der Waals surface area contributed by atoms with Gasteiger partial charge in [0.1, 0.15) is 6.04 Å². The number of nitrogens with one attached hydrogen (secondary N) is 2. The first-order chi connectivity index (χ1) is 18.5. The minimum atomic E-state index is -3.99. The van der Waals surface area contributed by atoms with Gasteiger partial charge in [0, 0.05) is 37.4 Å². The van der Waals surface area contributed by atoms with Crippen molar-refractivity contribution in [2.75, 3.05) is 38.5 Å². The predicted molar refractivity (Wildman–Crippen MR) is 153 cm³/mol. The Morgan fingerprint density at radius 1 is 0.872 bits per heavy atom. The van der Waals surface area contributed by atoms with Gasteiger partial charge in [-0.1, -0.05) is 48.0 Å². The molecule has 0 aliphatic carbocycles. The lowest BCUT2D eigenvalue weighted by atomic mass is 10.1. The zero-order chi connectivity index (χ0) is 28.2. The third-order valence-corrected chi connectivity index (χ3v) is 8.74. The highest BCUT2D eigenvalue weighted by atomic mass is 32.2. The van der Waals surface area contributed by atoms with Crippen LogP contribution in [0.3, 0.4) is 0 Å².